The predicted octanol–water partition coefficient (Wildman–Crippen LogP) is 3.24. The number of rotatable bonds is 7. The van der Waals surface area contributed by atoms with Crippen molar-refractivity contribution >= 4 is 21.7 Å². The molecule has 0 radical (unpaired) electrons. The van der Waals surface area contributed by atoms with Crippen LogP contribution in [0.4, 0.5) is 5.69 Å². The van der Waals surface area contributed by atoms with Gasteiger partial charge in [0.05, 0.1) is 10.5 Å². The molecule has 134 valence electrons. The second-order valence-electron chi connectivity index (χ2n) is 6.07. The Morgan fingerprint density at radius 2 is 1.68 bits per heavy atom. The minimum Gasteiger partial charge on any atom is -0.478 e. The fraction of sp³-hybridized carbons (Fsp3) is 0.278. The molecule has 0 heterocycles. The van der Waals surface area contributed by atoms with Gasteiger partial charge in [0.2, 0.25) is 10.0 Å². The van der Waals surface area contributed by atoms with Gasteiger partial charge in [-0.25, -0.2) is 17.9 Å². The number of nitrogens with one attached hydrogen (secondary N) is 2. The van der Waals surface area contributed by atoms with Crippen LogP contribution in [-0.4, -0.2) is 25.5 Å². The van der Waals surface area contributed by atoms with E-state index in [9.17, 15) is 18.3 Å². The maximum atomic E-state index is 12.6. The van der Waals surface area contributed by atoms with Crippen LogP contribution < -0.4 is 10.0 Å². The third-order valence-electron chi connectivity index (χ3n) is 3.61. The van der Waals surface area contributed by atoms with Crippen molar-refractivity contribution in [3.8, 4) is 0 Å². The van der Waals surface area contributed by atoms with E-state index in [1.807, 2.05) is 44.2 Å². The highest BCUT2D eigenvalue weighted by atomic mass is 32.2. The molecule has 2 aromatic rings. The Kier molecular flexibility index (Phi) is 5.81. The molecular formula is C18H22N2O4S. The van der Waals surface area contributed by atoms with E-state index in [0.29, 0.717) is 5.69 Å². The van der Waals surface area contributed by atoms with E-state index in [-0.39, 0.29) is 16.5 Å². The molecule has 25 heavy (non-hydrogen) atoms. The maximum Gasteiger partial charge on any atom is 0.337 e. The number of sulfonamides is 1. The van der Waals surface area contributed by atoms with Gasteiger partial charge in [0.1, 0.15) is 0 Å². The van der Waals surface area contributed by atoms with E-state index < -0.39 is 22.0 Å². The Bertz CT molecular complexity index is 849. The first-order valence-corrected chi connectivity index (χ1v) is 9.40. The van der Waals surface area contributed by atoms with E-state index >= 15 is 0 Å². The van der Waals surface area contributed by atoms with E-state index in [4.69, 9.17) is 0 Å². The molecule has 2 aromatic carbocycles. The number of carboxylic acid groups (broad SMARTS) is 1. The summed E-state index contributed by atoms with van der Waals surface area (Å²) >= 11 is 0. The Labute approximate surface area is 147 Å². The minimum atomic E-state index is -3.85. The van der Waals surface area contributed by atoms with Crippen molar-refractivity contribution in [2.24, 2.45) is 0 Å². The van der Waals surface area contributed by atoms with Crippen LogP contribution in [0.5, 0.6) is 0 Å². The molecule has 1 atom stereocenters. The lowest BCUT2D eigenvalue weighted by molar-refractivity contribution is 0.0697. The van der Waals surface area contributed by atoms with Crippen LogP contribution in [-0.2, 0) is 10.0 Å². The number of hydrogen-bond acceptors (Lipinski definition) is 4. The molecular weight excluding hydrogens is 340 g/mol. The molecule has 0 aliphatic rings. The Balaban J connectivity index is 2.33. The topological polar surface area (TPSA) is 95.5 Å². The SMILES string of the molecule is CC(C)Nc1ccc(S(=O)(=O)N[C@H](C)c2ccccc2)cc1C(=O)O. The summed E-state index contributed by atoms with van der Waals surface area (Å²) in [7, 11) is -3.85. The van der Waals surface area contributed by atoms with Gasteiger partial charge in [0.15, 0.2) is 0 Å². The summed E-state index contributed by atoms with van der Waals surface area (Å²) in [6.07, 6.45) is 0. The summed E-state index contributed by atoms with van der Waals surface area (Å²) in [5.74, 6) is -1.18. The zero-order chi connectivity index (χ0) is 18.6. The molecule has 0 aliphatic heterocycles. The van der Waals surface area contributed by atoms with Crippen molar-refractivity contribution in [1.82, 2.24) is 4.72 Å². The largest absolute Gasteiger partial charge is 0.478 e. The summed E-state index contributed by atoms with van der Waals surface area (Å²) < 4.78 is 27.8. The van der Waals surface area contributed by atoms with Crippen LogP contribution in [0.3, 0.4) is 0 Å². The van der Waals surface area contributed by atoms with Gasteiger partial charge >= 0.3 is 5.97 Å². The predicted molar refractivity (Wildman–Crippen MR) is 97.3 cm³/mol. The Hall–Kier alpha value is -2.38. The van der Waals surface area contributed by atoms with Crippen molar-refractivity contribution in [2.75, 3.05) is 5.32 Å². The van der Waals surface area contributed by atoms with Crippen LogP contribution in [0.2, 0.25) is 0 Å². The maximum absolute atomic E-state index is 12.6. The molecule has 0 saturated heterocycles. The highest BCUT2D eigenvalue weighted by Gasteiger charge is 2.21. The van der Waals surface area contributed by atoms with Crippen molar-refractivity contribution in [3.63, 3.8) is 0 Å². The number of anilines is 1. The van der Waals surface area contributed by atoms with Gasteiger partial charge < -0.3 is 10.4 Å². The van der Waals surface area contributed by atoms with Crippen molar-refractivity contribution in [1.29, 1.82) is 0 Å². The first-order chi connectivity index (χ1) is 11.7. The fourth-order valence-electron chi connectivity index (χ4n) is 2.41. The summed E-state index contributed by atoms with van der Waals surface area (Å²) in [6, 6.07) is 12.8. The Morgan fingerprint density at radius 3 is 2.24 bits per heavy atom. The third kappa shape index (κ3) is 4.80. The van der Waals surface area contributed by atoms with Crippen LogP contribution in [0, 0.1) is 0 Å². The van der Waals surface area contributed by atoms with Gasteiger partial charge in [-0.2, -0.15) is 0 Å². The van der Waals surface area contributed by atoms with Crippen LogP contribution in [0.25, 0.3) is 0 Å². The summed E-state index contributed by atoms with van der Waals surface area (Å²) in [5, 5.41) is 12.4. The number of hydrogen-bond donors (Lipinski definition) is 3. The first kappa shape index (κ1) is 19.0. The van der Waals surface area contributed by atoms with E-state index in [2.05, 4.69) is 10.0 Å². The smallest absolute Gasteiger partial charge is 0.337 e. The number of benzene rings is 2. The number of carboxylic acids is 1. The molecule has 7 heteroatoms. The van der Waals surface area contributed by atoms with E-state index in [0.717, 1.165) is 5.56 Å². The molecule has 0 saturated carbocycles. The fourth-order valence-corrected chi connectivity index (χ4v) is 3.67. The summed E-state index contributed by atoms with van der Waals surface area (Å²) in [4.78, 5) is 11.4. The monoisotopic (exact) mass is 362 g/mol. The number of carbonyl (C=O) groups is 1. The zero-order valence-electron chi connectivity index (χ0n) is 14.4. The highest BCUT2D eigenvalue weighted by molar-refractivity contribution is 7.89. The van der Waals surface area contributed by atoms with E-state index in [1.165, 1.54) is 18.2 Å². The molecule has 0 bridgehead atoms. The van der Waals surface area contributed by atoms with Crippen molar-refractivity contribution < 1.29 is 18.3 Å². The summed E-state index contributed by atoms with van der Waals surface area (Å²) in [6.45, 7) is 5.48. The highest BCUT2D eigenvalue weighted by Crippen LogP contribution is 2.23. The molecule has 0 spiro atoms. The van der Waals surface area contributed by atoms with Crippen LogP contribution in [0.1, 0.15) is 42.7 Å². The van der Waals surface area contributed by atoms with Crippen LogP contribution >= 0.6 is 0 Å². The average Bonchev–Trinajstić information content (AvgIpc) is 2.54. The van der Waals surface area contributed by atoms with Gasteiger partial charge in [0, 0.05) is 17.8 Å². The average molecular weight is 362 g/mol. The molecule has 0 aromatic heterocycles. The number of aromatic carboxylic acids is 1. The zero-order valence-corrected chi connectivity index (χ0v) is 15.2. The quantitative estimate of drug-likeness (QED) is 0.703. The lowest BCUT2D eigenvalue weighted by atomic mass is 10.1. The molecule has 0 unspecified atom stereocenters. The molecule has 0 fully saturated rings. The van der Waals surface area contributed by atoms with Crippen molar-refractivity contribution in [3.05, 3.63) is 59.7 Å². The van der Waals surface area contributed by atoms with Gasteiger partial charge in [-0.1, -0.05) is 30.3 Å². The van der Waals surface area contributed by atoms with Crippen molar-refractivity contribution in [2.45, 2.75) is 37.8 Å². The van der Waals surface area contributed by atoms with Crippen LogP contribution in [0.15, 0.2) is 53.4 Å². The van der Waals surface area contributed by atoms with Gasteiger partial charge in [-0.15, -0.1) is 0 Å². The standard InChI is InChI=1S/C18H22N2O4S/c1-12(2)19-17-10-9-15(11-16(17)18(21)22)25(23,24)20-13(3)14-7-5-4-6-8-14/h4-13,19-20H,1-3H3,(H,21,22)/t13-/m1/s1. The minimum absolute atomic E-state index is 0.0248. The molecule has 6 nitrogen and oxygen atoms in total. The van der Waals surface area contributed by atoms with Gasteiger partial charge in [-0.05, 0) is 44.5 Å². The molecule has 0 amide bonds. The summed E-state index contributed by atoms with van der Waals surface area (Å²) in [5.41, 5.74) is 1.13. The second kappa shape index (κ2) is 7.67. The molecule has 2 rings (SSSR count). The lowest BCUT2D eigenvalue weighted by Gasteiger charge is -2.17. The van der Waals surface area contributed by atoms with Gasteiger partial charge in [-0.3, -0.25) is 0 Å². The van der Waals surface area contributed by atoms with E-state index in [1.54, 1.807) is 6.92 Å². The van der Waals surface area contributed by atoms with Gasteiger partial charge in [0.25, 0.3) is 0 Å². The first-order valence-electron chi connectivity index (χ1n) is 7.92. The lowest BCUT2D eigenvalue weighted by Crippen LogP contribution is -2.27. The third-order valence-corrected chi connectivity index (χ3v) is 5.15. The Morgan fingerprint density at radius 1 is 1.04 bits per heavy atom. The normalized spacial score (nSPS) is 12.8. The molecule has 0 aliphatic carbocycles. The second-order valence-corrected chi connectivity index (χ2v) is 7.78. The molecule has 3 N–H and O–H groups in total.